The Morgan fingerprint density at radius 2 is 1.85 bits per heavy atom. The molecule has 8 heteroatoms. The zero-order valence-corrected chi connectivity index (χ0v) is 20.2. The van der Waals surface area contributed by atoms with Gasteiger partial charge in [0.1, 0.15) is 19.0 Å². The molecule has 0 N–H and O–H groups in total. The van der Waals surface area contributed by atoms with Crippen LogP contribution < -0.4 is 24.3 Å². The minimum Gasteiger partial charge on any atom is -0.493 e. The monoisotopic (exact) mass is 492 g/mol. The number of nitrogens with zero attached hydrogens (tertiary/aromatic N) is 2. The third-order valence-corrected chi connectivity index (χ3v) is 6.76. The average Bonchev–Trinajstić information content (AvgIpc) is 3.35. The molecule has 172 valence electrons. The van der Waals surface area contributed by atoms with Gasteiger partial charge in [-0.3, -0.25) is 4.79 Å². The Balaban J connectivity index is 1.32. The van der Waals surface area contributed by atoms with Crippen molar-refractivity contribution < 1.29 is 14.2 Å². The number of para-hydroxylation sites is 2. The lowest BCUT2D eigenvalue weighted by Crippen LogP contribution is -2.22. The molecule has 2 heterocycles. The Hall–Kier alpha value is -3.55. The molecule has 5 aromatic rings. The summed E-state index contributed by atoms with van der Waals surface area (Å²) in [7, 11) is 1.59. The van der Waals surface area contributed by atoms with E-state index in [0.717, 1.165) is 27.9 Å². The Morgan fingerprint density at radius 3 is 2.68 bits per heavy atom. The van der Waals surface area contributed by atoms with E-state index in [-0.39, 0.29) is 5.56 Å². The van der Waals surface area contributed by atoms with E-state index in [9.17, 15) is 4.79 Å². The van der Waals surface area contributed by atoms with Gasteiger partial charge in [-0.15, -0.1) is 0 Å². The van der Waals surface area contributed by atoms with Crippen LogP contribution in [-0.4, -0.2) is 29.7 Å². The van der Waals surface area contributed by atoms with E-state index >= 15 is 0 Å². The van der Waals surface area contributed by atoms with Crippen LogP contribution in [0, 0.1) is 6.92 Å². The van der Waals surface area contributed by atoms with Crippen molar-refractivity contribution in [2.75, 3.05) is 20.3 Å². The summed E-state index contributed by atoms with van der Waals surface area (Å²) in [5.74, 6) is 1.92. The highest BCUT2D eigenvalue weighted by molar-refractivity contribution is 7.15. The van der Waals surface area contributed by atoms with Crippen LogP contribution in [0.3, 0.4) is 0 Å². The highest BCUT2D eigenvalue weighted by atomic mass is 35.5. The first kappa shape index (κ1) is 22.3. The van der Waals surface area contributed by atoms with E-state index in [1.807, 2.05) is 73.7 Å². The Bertz CT molecular complexity index is 1610. The van der Waals surface area contributed by atoms with Crippen LogP contribution in [0.4, 0.5) is 0 Å². The molecular formula is C26H21ClN2O4S. The number of thiazole rings is 1. The molecular weight excluding hydrogens is 472 g/mol. The van der Waals surface area contributed by atoms with Gasteiger partial charge in [0.25, 0.3) is 5.56 Å². The highest BCUT2D eigenvalue weighted by Gasteiger charge is 2.11. The number of fused-ring (bicyclic) bond motifs is 3. The van der Waals surface area contributed by atoms with Crippen molar-refractivity contribution in [3.8, 4) is 17.2 Å². The summed E-state index contributed by atoms with van der Waals surface area (Å²) in [6, 6.07) is 18.7. The van der Waals surface area contributed by atoms with E-state index in [4.69, 9.17) is 25.8 Å². The van der Waals surface area contributed by atoms with Crippen LogP contribution in [0.15, 0.2) is 65.5 Å². The first-order valence-corrected chi connectivity index (χ1v) is 11.8. The highest BCUT2D eigenvalue weighted by Crippen LogP contribution is 2.28. The molecule has 0 saturated heterocycles. The molecule has 0 amide bonds. The second kappa shape index (κ2) is 9.37. The number of rotatable bonds is 7. The van der Waals surface area contributed by atoms with Gasteiger partial charge in [-0.05, 0) is 66.6 Å². The minimum absolute atomic E-state index is 0.0809. The number of ether oxygens (including phenoxy) is 3. The number of hydrogen-bond donors (Lipinski definition) is 0. The van der Waals surface area contributed by atoms with Crippen LogP contribution in [0.5, 0.6) is 17.2 Å². The van der Waals surface area contributed by atoms with Gasteiger partial charge < -0.3 is 14.2 Å². The van der Waals surface area contributed by atoms with E-state index in [1.54, 1.807) is 11.5 Å². The molecule has 0 unspecified atom stereocenters. The quantitative estimate of drug-likeness (QED) is 0.303. The van der Waals surface area contributed by atoms with Crippen molar-refractivity contribution >= 4 is 45.0 Å². The first-order valence-electron chi connectivity index (χ1n) is 10.6. The van der Waals surface area contributed by atoms with Crippen molar-refractivity contribution in [2.45, 2.75) is 6.92 Å². The van der Waals surface area contributed by atoms with Gasteiger partial charge in [0.15, 0.2) is 16.5 Å². The number of aryl methyl sites for hydroxylation is 1. The smallest absolute Gasteiger partial charge is 0.274 e. The van der Waals surface area contributed by atoms with Gasteiger partial charge in [-0.25, -0.2) is 9.38 Å². The maximum atomic E-state index is 13.0. The van der Waals surface area contributed by atoms with Crippen LogP contribution in [0.25, 0.3) is 22.1 Å². The second-order valence-electron chi connectivity index (χ2n) is 7.65. The predicted molar refractivity (Wildman–Crippen MR) is 136 cm³/mol. The van der Waals surface area contributed by atoms with Crippen molar-refractivity contribution in [3.05, 3.63) is 91.7 Å². The number of halogens is 1. The maximum absolute atomic E-state index is 13.0. The molecule has 2 aromatic heterocycles. The molecule has 3 aromatic carbocycles. The van der Waals surface area contributed by atoms with Crippen molar-refractivity contribution in [1.82, 2.24) is 9.38 Å². The standard InChI is InChI=1S/C26H21ClN2O4S/c1-16-13-18(8-9-19(16)27)32-11-12-33-22-10-7-17(14-23(22)31-2)15-24-25(30)29-21-6-4-3-5-20(21)28-26(29)34-24/h3-10,13-15H,11-12H2,1-2H3. The molecule has 0 aliphatic heterocycles. The number of aromatic nitrogens is 2. The second-order valence-corrected chi connectivity index (χ2v) is 9.07. The summed E-state index contributed by atoms with van der Waals surface area (Å²) in [5.41, 5.74) is 3.35. The van der Waals surface area contributed by atoms with E-state index in [0.29, 0.717) is 39.2 Å². The summed E-state index contributed by atoms with van der Waals surface area (Å²) in [4.78, 5) is 18.2. The summed E-state index contributed by atoms with van der Waals surface area (Å²) >= 11 is 7.41. The van der Waals surface area contributed by atoms with Crippen LogP contribution in [-0.2, 0) is 0 Å². The predicted octanol–water partition coefficient (Wildman–Crippen LogP) is 4.89. The zero-order valence-electron chi connectivity index (χ0n) is 18.6. The van der Waals surface area contributed by atoms with E-state index < -0.39 is 0 Å². The fourth-order valence-corrected chi connectivity index (χ4v) is 4.78. The fraction of sp³-hybridized carbons (Fsp3) is 0.154. The lowest BCUT2D eigenvalue weighted by molar-refractivity contribution is 0.211. The lowest BCUT2D eigenvalue weighted by Gasteiger charge is -2.12. The molecule has 34 heavy (non-hydrogen) atoms. The molecule has 0 aliphatic carbocycles. The molecule has 0 saturated carbocycles. The maximum Gasteiger partial charge on any atom is 0.274 e. The number of benzene rings is 3. The largest absolute Gasteiger partial charge is 0.493 e. The normalized spacial score (nSPS) is 11.9. The Morgan fingerprint density at radius 1 is 1.03 bits per heavy atom. The van der Waals surface area contributed by atoms with Gasteiger partial charge in [0.2, 0.25) is 0 Å². The number of imidazole rings is 1. The van der Waals surface area contributed by atoms with Crippen molar-refractivity contribution in [3.63, 3.8) is 0 Å². The molecule has 5 rings (SSSR count). The Labute approximate surface area is 204 Å². The van der Waals surface area contributed by atoms with Gasteiger partial charge in [-0.2, -0.15) is 0 Å². The van der Waals surface area contributed by atoms with Crippen LogP contribution in [0.2, 0.25) is 5.02 Å². The van der Waals surface area contributed by atoms with Gasteiger partial charge in [0, 0.05) is 5.02 Å². The SMILES string of the molecule is COc1cc(C=c2sc3nc4ccccc4n3c2=O)ccc1OCCOc1ccc(Cl)c(C)c1. The number of hydrogen-bond acceptors (Lipinski definition) is 6. The van der Waals surface area contributed by atoms with Gasteiger partial charge >= 0.3 is 0 Å². The lowest BCUT2D eigenvalue weighted by atomic mass is 10.2. The molecule has 0 spiro atoms. The van der Waals surface area contributed by atoms with Gasteiger partial charge in [-0.1, -0.05) is 41.1 Å². The molecule has 0 bridgehead atoms. The van der Waals surface area contributed by atoms with Crippen LogP contribution >= 0.6 is 22.9 Å². The molecule has 0 fully saturated rings. The molecule has 0 atom stereocenters. The number of methoxy groups -OCH3 is 1. The third kappa shape index (κ3) is 4.32. The topological polar surface area (TPSA) is 62.1 Å². The first-order chi connectivity index (χ1) is 16.5. The molecule has 6 nitrogen and oxygen atoms in total. The fourth-order valence-electron chi connectivity index (χ4n) is 3.67. The summed E-state index contributed by atoms with van der Waals surface area (Å²) < 4.78 is 19.4. The summed E-state index contributed by atoms with van der Waals surface area (Å²) in [6.45, 7) is 2.66. The zero-order chi connectivity index (χ0) is 23.7. The average molecular weight is 493 g/mol. The van der Waals surface area contributed by atoms with E-state index in [2.05, 4.69) is 4.98 Å². The minimum atomic E-state index is -0.0809. The van der Waals surface area contributed by atoms with E-state index in [1.165, 1.54) is 11.3 Å². The third-order valence-electron chi connectivity index (χ3n) is 5.37. The van der Waals surface area contributed by atoms with Gasteiger partial charge in [0.05, 0.1) is 22.7 Å². The van der Waals surface area contributed by atoms with Crippen LogP contribution in [0.1, 0.15) is 11.1 Å². The summed E-state index contributed by atoms with van der Waals surface area (Å²) in [5, 5.41) is 0.708. The Kier molecular flexibility index (Phi) is 6.13. The van der Waals surface area contributed by atoms with Crippen molar-refractivity contribution in [2.24, 2.45) is 0 Å². The molecule has 0 aliphatic rings. The van der Waals surface area contributed by atoms with Crippen molar-refractivity contribution in [1.29, 1.82) is 0 Å². The summed E-state index contributed by atoms with van der Waals surface area (Å²) in [6.07, 6.45) is 1.84. The molecule has 0 radical (unpaired) electrons.